The third-order valence-electron chi connectivity index (χ3n) is 20.2. The predicted octanol–water partition coefficient (Wildman–Crippen LogP) is -2.02. The number of ether oxygens (including phenoxy) is 8. The van der Waals surface area contributed by atoms with Crippen LogP contribution in [0.3, 0.4) is 0 Å². The van der Waals surface area contributed by atoms with Crippen LogP contribution in [0.2, 0.25) is 0 Å². The number of aryl methyl sites for hydroxylation is 2. The smallest absolute Gasteiger partial charge is 0.217 e. The van der Waals surface area contributed by atoms with Gasteiger partial charge in [0.1, 0.15) is 73.1 Å². The van der Waals surface area contributed by atoms with Crippen LogP contribution in [0.15, 0.2) is 41.3 Å². The number of hydrogen-bond donors (Lipinski definition) is 18. The number of unbranched alkanes of at least 4 members (excludes halogenated alkanes) is 9. The van der Waals surface area contributed by atoms with Gasteiger partial charge in [-0.3, -0.25) is 28.8 Å². The zero-order valence-corrected chi connectivity index (χ0v) is 64.6. The lowest BCUT2D eigenvalue weighted by Crippen LogP contribution is -2.64. The molecule has 0 bridgehead atoms. The van der Waals surface area contributed by atoms with E-state index in [1.807, 2.05) is 17.1 Å². The van der Waals surface area contributed by atoms with Gasteiger partial charge in [0.15, 0.2) is 25.2 Å². The van der Waals surface area contributed by atoms with E-state index >= 15 is 0 Å². The molecule has 21 atom stereocenters. The molecule has 0 radical (unpaired) electrons. The summed E-state index contributed by atoms with van der Waals surface area (Å²) in [4.78, 5) is 28.3. The number of amides is 2. The van der Waals surface area contributed by atoms with Gasteiger partial charge >= 0.3 is 0 Å². The molecule has 38 nitrogen and oxygen atoms in total. The Morgan fingerprint density at radius 1 is 0.578 bits per heavy atom. The van der Waals surface area contributed by atoms with Gasteiger partial charge in [-0.1, -0.05) is 51.5 Å². The average molecular weight is 1560 g/mol. The maximum atomic E-state index is 11.9. The van der Waals surface area contributed by atoms with Crippen molar-refractivity contribution in [2.75, 3.05) is 85.6 Å². The van der Waals surface area contributed by atoms with Crippen LogP contribution in [0.1, 0.15) is 156 Å². The molecule has 2 aromatic rings. The second-order valence-electron chi connectivity index (χ2n) is 30.3. The van der Waals surface area contributed by atoms with E-state index in [4.69, 9.17) is 55.0 Å². The van der Waals surface area contributed by atoms with E-state index < -0.39 is 161 Å². The first kappa shape index (κ1) is 92.6. The summed E-state index contributed by atoms with van der Waals surface area (Å²) in [5.41, 5.74) is 17.4. The van der Waals surface area contributed by atoms with E-state index in [0.717, 1.165) is 69.2 Å². The SMILES string of the molecule is CC(=O)N[C@H]1[C@H](OCCCCCN(N)/C=C(\N)CN(C/C(=C/NCCCCCO[C@@H]2O[C@H](CO)[C@H](O)[C@H](O)[C@H]2C)N=N)C(CCCCN(Cc2cn(CCCCCO[C@@H]3O[C@H](CO)[C@H](O)[C@H](O)[C@H]3C)nn2)Cc2cn(CCCCCO[C@@H]3O[C@H](CO)C(O)C(O)[C@H]3NC(C)=O)nn2)C(C)(C)C)O[C@H](CO)[C@H](O)[C@@H]1O. The number of nitrogens with one attached hydrogen (secondary N) is 4. The van der Waals surface area contributed by atoms with Gasteiger partial charge in [-0.15, -0.1) is 10.2 Å². The van der Waals surface area contributed by atoms with E-state index in [9.17, 15) is 70.9 Å². The summed E-state index contributed by atoms with van der Waals surface area (Å²) in [6.07, 6.45) is -0.0312. The Balaban J connectivity index is 1.09. The molecule has 0 aliphatic carbocycles. The van der Waals surface area contributed by atoms with Gasteiger partial charge < -0.3 is 126 Å². The maximum Gasteiger partial charge on any atom is 0.217 e. The Bertz CT molecular complexity index is 2960. The topological polar surface area (TPSA) is 546 Å². The number of aromatic nitrogens is 6. The molecule has 0 spiro atoms. The second kappa shape index (κ2) is 48.1. The summed E-state index contributed by atoms with van der Waals surface area (Å²) >= 11 is 0. The van der Waals surface area contributed by atoms with Crippen LogP contribution in [0.25, 0.3) is 0 Å². The van der Waals surface area contributed by atoms with Crippen molar-refractivity contribution in [2.24, 2.45) is 33.9 Å². The maximum absolute atomic E-state index is 11.9. The van der Waals surface area contributed by atoms with Crippen molar-refractivity contribution in [1.29, 1.82) is 5.53 Å². The van der Waals surface area contributed by atoms with Crippen LogP contribution in [-0.4, -0.2) is 320 Å². The minimum absolute atomic E-state index is 0.100. The van der Waals surface area contributed by atoms with Crippen LogP contribution >= 0.6 is 0 Å². The van der Waals surface area contributed by atoms with E-state index in [2.05, 4.69) is 72.3 Å². The minimum atomic E-state index is -1.43. The zero-order chi connectivity index (χ0) is 79.7. The van der Waals surface area contributed by atoms with Crippen molar-refractivity contribution < 1.29 is 109 Å². The van der Waals surface area contributed by atoms with E-state index in [-0.39, 0.29) is 37.8 Å². The largest absolute Gasteiger partial charge is 0.400 e. The molecular weight excluding hydrogens is 1430 g/mol. The van der Waals surface area contributed by atoms with Gasteiger partial charge in [-0.2, -0.15) is 5.11 Å². The fourth-order valence-electron chi connectivity index (χ4n) is 13.9. The fraction of sp³-hybridized carbons (Fsp3) is 0.859. The highest BCUT2D eigenvalue weighted by Gasteiger charge is 2.48. The van der Waals surface area contributed by atoms with Gasteiger partial charge in [0.2, 0.25) is 11.8 Å². The molecule has 0 saturated carbocycles. The summed E-state index contributed by atoms with van der Waals surface area (Å²) in [5, 5.41) is 154. The summed E-state index contributed by atoms with van der Waals surface area (Å²) < 4.78 is 50.1. The molecule has 3 unspecified atom stereocenters. The molecule has 6 heterocycles. The summed E-state index contributed by atoms with van der Waals surface area (Å²) in [5.74, 6) is 4.72. The molecule has 20 N–H and O–H groups in total. The predicted molar refractivity (Wildman–Crippen MR) is 391 cm³/mol. The number of hydrazine groups is 1. The number of rotatable bonds is 51. The van der Waals surface area contributed by atoms with E-state index in [0.29, 0.717) is 109 Å². The highest BCUT2D eigenvalue weighted by Crippen LogP contribution is 2.33. The molecule has 4 aliphatic heterocycles. The Morgan fingerprint density at radius 3 is 1.40 bits per heavy atom. The summed E-state index contributed by atoms with van der Waals surface area (Å²) in [7, 11) is 0. The highest BCUT2D eigenvalue weighted by atomic mass is 16.7. The lowest BCUT2D eigenvalue weighted by atomic mass is 9.82. The van der Waals surface area contributed by atoms with E-state index in [1.165, 1.54) is 18.9 Å². The fourth-order valence-corrected chi connectivity index (χ4v) is 13.9. The number of carbonyl (C=O) groups excluding carboxylic acids is 2. The van der Waals surface area contributed by atoms with Crippen molar-refractivity contribution in [2.45, 2.75) is 287 Å². The van der Waals surface area contributed by atoms with E-state index in [1.54, 1.807) is 30.9 Å². The van der Waals surface area contributed by atoms with Crippen LogP contribution in [0.4, 0.5) is 0 Å². The van der Waals surface area contributed by atoms with Gasteiger partial charge in [-0.25, -0.2) is 11.4 Å². The lowest BCUT2D eigenvalue weighted by molar-refractivity contribution is -0.282. The number of nitrogens with two attached hydrogens (primary N) is 2. The Morgan fingerprint density at radius 2 is 0.982 bits per heavy atom. The quantitative estimate of drug-likeness (QED) is 0.0147. The average Bonchev–Trinajstić information content (AvgIpc) is 1.09. The molecule has 2 amide bonds. The van der Waals surface area contributed by atoms with Crippen LogP contribution in [0.5, 0.6) is 0 Å². The van der Waals surface area contributed by atoms with Crippen molar-refractivity contribution in [3.63, 3.8) is 0 Å². The third kappa shape index (κ3) is 30.2. The number of nitrogens with zero attached hydrogens (tertiary/aromatic N) is 10. The Kier molecular flexibility index (Phi) is 40.9. The number of hydrogen-bond acceptors (Lipinski definition) is 34. The van der Waals surface area contributed by atoms with Crippen molar-refractivity contribution in [1.82, 2.24) is 60.7 Å². The standard InChI is InChI=1S/C71H130N16O22/c1-44-59(94)61(96)52(40-88)106-67(44)102-28-18-8-13-23-75-32-49(78-73)37-84(33-48(72)34-85(74)25-14-9-19-30-104-69-57(76-46(3)92)65(100)63(98)54(42-90)108-69)56(71(5,6)7)22-12-17-24-83(35-50-38-86(81-79-50)26-15-10-20-29-103-68-45(2)60(95)62(97)53(41-89)107-68)36-51-39-87(82-80-51)27-16-11-21-31-105-70-58(77-47(4)93)66(101)64(99)55(43-91)109-70/h32,34,38-39,44-45,52-70,73,75,88-91,94-101H,8-31,33,35-37,40-43,72,74H2,1-7H3,(H,76,92)(H,77,93)/b48-34-,49-32-,78-73?/t44-,45-,52-,53-,54-,55-,56?,57-,58-,59-,60-,61+,62+,63+,64?,65-,66?,67-,68-,69-,70-/m1/s1. The molecule has 4 aliphatic rings. The van der Waals surface area contributed by atoms with Crippen molar-refractivity contribution >= 4 is 11.8 Å². The molecule has 4 saturated heterocycles. The van der Waals surface area contributed by atoms with Gasteiger partial charge in [0, 0.05) is 141 Å². The highest BCUT2D eigenvalue weighted by molar-refractivity contribution is 5.73. The van der Waals surface area contributed by atoms with Crippen LogP contribution in [0, 0.1) is 22.8 Å². The molecular formula is C71H130N16O22. The molecule has 109 heavy (non-hydrogen) atoms. The number of carbonyl (C=O) groups is 2. The first-order valence-electron chi connectivity index (χ1n) is 38.6. The molecule has 2 aromatic heterocycles. The summed E-state index contributed by atoms with van der Waals surface area (Å²) in [6.45, 7) is 15.9. The first-order valence-corrected chi connectivity index (χ1v) is 38.6. The van der Waals surface area contributed by atoms with Crippen LogP contribution in [-0.2, 0) is 73.7 Å². The Labute approximate surface area is 639 Å². The molecule has 626 valence electrons. The second-order valence-corrected chi connectivity index (χ2v) is 30.3. The normalized spacial score (nSPS) is 29.6. The molecule has 38 heteroatoms. The Hall–Kier alpha value is -5.22. The zero-order valence-electron chi connectivity index (χ0n) is 64.6. The van der Waals surface area contributed by atoms with Gasteiger partial charge in [0.25, 0.3) is 0 Å². The molecule has 6 rings (SSSR count). The number of aliphatic hydroxyl groups is 12. The number of aliphatic hydroxyl groups excluding tert-OH is 12. The van der Waals surface area contributed by atoms with Crippen molar-refractivity contribution in [3.8, 4) is 0 Å². The monoisotopic (exact) mass is 1560 g/mol. The van der Waals surface area contributed by atoms with Gasteiger partial charge in [0.05, 0.1) is 55.7 Å². The van der Waals surface area contributed by atoms with Gasteiger partial charge in [-0.05, 0) is 102 Å². The lowest BCUT2D eigenvalue weighted by Gasteiger charge is -2.42. The van der Waals surface area contributed by atoms with Crippen LogP contribution < -0.4 is 27.5 Å². The first-order chi connectivity index (χ1) is 52.1. The minimum Gasteiger partial charge on any atom is -0.400 e. The summed E-state index contributed by atoms with van der Waals surface area (Å²) in [6, 6.07) is -2.18. The third-order valence-corrected chi connectivity index (χ3v) is 20.2. The molecule has 4 fully saturated rings. The molecule has 0 aromatic carbocycles. The van der Waals surface area contributed by atoms with Crippen molar-refractivity contribution in [3.05, 3.63) is 47.6 Å².